The van der Waals surface area contributed by atoms with E-state index in [1.54, 1.807) is 0 Å². The van der Waals surface area contributed by atoms with Gasteiger partial charge in [-0.05, 0) is 48.0 Å². The summed E-state index contributed by atoms with van der Waals surface area (Å²) in [5, 5.41) is 4.34. The maximum Gasteiger partial charge on any atom is 0.178 e. The number of aryl methyl sites for hydroxylation is 2. The zero-order valence-electron chi connectivity index (χ0n) is 9.74. The Labute approximate surface area is 113 Å². The molecule has 0 aromatic carbocycles. The molecule has 0 saturated carbocycles. The summed E-state index contributed by atoms with van der Waals surface area (Å²) in [6.07, 6.45) is 0.418. The number of rotatable bonds is 4. The van der Waals surface area contributed by atoms with Gasteiger partial charge in [-0.25, -0.2) is 0 Å². The fourth-order valence-corrected chi connectivity index (χ4v) is 3.05. The molecule has 0 fully saturated rings. The van der Waals surface area contributed by atoms with Crippen LogP contribution in [0.1, 0.15) is 28.0 Å². The first-order valence-corrected chi connectivity index (χ1v) is 7.03. The number of carbonyl (C=O) groups is 1. The molecule has 0 spiro atoms. The zero-order chi connectivity index (χ0) is 12.4. The SMILES string of the molecule is CCn1nc(C)cc1CC(=O)c1ccc(Br)s1. The first-order chi connectivity index (χ1) is 8.10. The number of thiophene rings is 1. The highest BCUT2D eigenvalue weighted by molar-refractivity contribution is 9.11. The number of carbonyl (C=O) groups excluding carboxylic acids is 1. The number of hydrogen-bond donors (Lipinski definition) is 0. The van der Waals surface area contributed by atoms with Crippen LogP contribution in [-0.2, 0) is 13.0 Å². The van der Waals surface area contributed by atoms with E-state index in [0.29, 0.717) is 6.42 Å². The van der Waals surface area contributed by atoms with Crippen molar-refractivity contribution in [1.29, 1.82) is 0 Å². The van der Waals surface area contributed by atoms with Crippen molar-refractivity contribution in [3.05, 3.63) is 38.3 Å². The van der Waals surface area contributed by atoms with Gasteiger partial charge in [0.25, 0.3) is 0 Å². The number of halogens is 1. The maximum atomic E-state index is 12.1. The molecule has 0 aliphatic carbocycles. The first kappa shape index (κ1) is 12.5. The number of aromatic nitrogens is 2. The van der Waals surface area contributed by atoms with Crippen molar-refractivity contribution in [3.8, 4) is 0 Å². The largest absolute Gasteiger partial charge is 0.293 e. The Hall–Kier alpha value is -0.940. The van der Waals surface area contributed by atoms with Crippen LogP contribution in [0.4, 0.5) is 0 Å². The van der Waals surface area contributed by atoms with Crippen LogP contribution in [0.25, 0.3) is 0 Å². The molecule has 0 bridgehead atoms. The van der Waals surface area contributed by atoms with Gasteiger partial charge in [-0.2, -0.15) is 5.10 Å². The molecule has 0 amide bonds. The fraction of sp³-hybridized carbons (Fsp3) is 0.333. The quantitative estimate of drug-likeness (QED) is 0.810. The molecule has 2 aromatic rings. The smallest absolute Gasteiger partial charge is 0.178 e. The predicted octanol–water partition coefficient (Wildman–Crippen LogP) is 3.46. The van der Waals surface area contributed by atoms with Crippen LogP contribution in [0.5, 0.6) is 0 Å². The molecular formula is C12H13BrN2OS. The summed E-state index contributed by atoms with van der Waals surface area (Å²) < 4.78 is 2.87. The Morgan fingerprint density at radius 2 is 2.29 bits per heavy atom. The molecule has 3 nitrogen and oxygen atoms in total. The van der Waals surface area contributed by atoms with Crippen LogP contribution >= 0.6 is 27.3 Å². The highest BCUT2D eigenvalue weighted by atomic mass is 79.9. The molecule has 0 saturated heterocycles. The van der Waals surface area contributed by atoms with E-state index in [0.717, 1.165) is 26.6 Å². The van der Waals surface area contributed by atoms with Gasteiger partial charge in [0, 0.05) is 12.2 Å². The first-order valence-electron chi connectivity index (χ1n) is 5.42. The van der Waals surface area contributed by atoms with Crippen molar-refractivity contribution in [2.45, 2.75) is 26.8 Å². The lowest BCUT2D eigenvalue weighted by Gasteiger charge is -2.02. The minimum Gasteiger partial charge on any atom is -0.293 e. The van der Waals surface area contributed by atoms with Gasteiger partial charge < -0.3 is 0 Å². The van der Waals surface area contributed by atoms with Crippen molar-refractivity contribution in [3.63, 3.8) is 0 Å². The Kier molecular flexibility index (Phi) is 3.79. The molecule has 5 heteroatoms. The second-order valence-electron chi connectivity index (χ2n) is 3.80. The lowest BCUT2D eigenvalue weighted by atomic mass is 10.2. The van der Waals surface area contributed by atoms with Gasteiger partial charge in [0.2, 0.25) is 0 Å². The second kappa shape index (κ2) is 5.14. The minimum absolute atomic E-state index is 0.148. The Morgan fingerprint density at radius 1 is 1.53 bits per heavy atom. The number of ketones is 1. The van der Waals surface area contributed by atoms with Gasteiger partial charge in [-0.3, -0.25) is 9.48 Å². The topological polar surface area (TPSA) is 34.9 Å². The standard InChI is InChI=1S/C12H13BrN2OS/c1-3-15-9(6-8(2)14-15)7-10(16)11-4-5-12(13)17-11/h4-6H,3,7H2,1-2H3. The monoisotopic (exact) mass is 312 g/mol. The lowest BCUT2D eigenvalue weighted by molar-refractivity contribution is 0.0994. The van der Waals surface area contributed by atoms with Crippen LogP contribution in [0.3, 0.4) is 0 Å². The van der Waals surface area contributed by atoms with E-state index in [1.807, 2.05) is 36.7 Å². The normalized spacial score (nSPS) is 10.8. The number of hydrogen-bond acceptors (Lipinski definition) is 3. The van der Waals surface area contributed by atoms with Crippen LogP contribution in [0.2, 0.25) is 0 Å². The van der Waals surface area contributed by atoms with Crippen LogP contribution in [0.15, 0.2) is 22.0 Å². The molecule has 0 N–H and O–H groups in total. The third-order valence-electron chi connectivity index (χ3n) is 2.47. The zero-order valence-corrected chi connectivity index (χ0v) is 12.1. The molecule has 0 radical (unpaired) electrons. The molecule has 17 heavy (non-hydrogen) atoms. The van der Waals surface area contributed by atoms with Crippen molar-refractivity contribution < 1.29 is 4.79 Å². The van der Waals surface area contributed by atoms with E-state index in [-0.39, 0.29) is 5.78 Å². The Bertz CT molecular complexity index is 544. The summed E-state index contributed by atoms with van der Waals surface area (Å²) in [5.41, 5.74) is 1.95. The number of Topliss-reactive ketones (excluding diaryl/α,β-unsaturated/α-hetero) is 1. The van der Waals surface area contributed by atoms with Gasteiger partial charge in [0.1, 0.15) is 0 Å². The average molecular weight is 313 g/mol. The summed E-state index contributed by atoms with van der Waals surface area (Å²) >= 11 is 4.84. The predicted molar refractivity (Wildman–Crippen MR) is 72.7 cm³/mol. The van der Waals surface area contributed by atoms with Gasteiger partial charge in [-0.15, -0.1) is 11.3 Å². The summed E-state index contributed by atoms with van der Waals surface area (Å²) in [6.45, 7) is 4.77. The third kappa shape index (κ3) is 2.84. The maximum absolute atomic E-state index is 12.1. The molecule has 0 unspecified atom stereocenters. The molecule has 0 aliphatic rings. The van der Waals surface area contributed by atoms with Crippen LogP contribution in [0, 0.1) is 6.92 Å². The van der Waals surface area contributed by atoms with Gasteiger partial charge in [0.05, 0.1) is 20.8 Å². The molecule has 2 rings (SSSR count). The fourth-order valence-electron chi connectivity index (χ4n) is 1.73. The van der Waals surface area contributed by atoms with E-state index in [4.69, 9.17) is 0 Å². The van der Waals surface area contributed by atoms with Crippen molar-refractivity contribution >= 4 is 33.0 Å². The second-order valence-corrected chi connectivity index (χ2v) is 6.26. The van der Waals surface area contributed by atoms with Crippen LogP contribution in [-0.4, -0.2) is 15.6 Å². The molecule has 2 heterocycles. The van der Waals surface area contributed by atoms with E-state index in [1.165, 1.54) is 11.3 Å². The minimum atomic E-state index is 0.148. The van der Waals surface area contributed by atoms with E-state index < -0.39 is 0 Å². The summed E-state index contributed by atoms with van der Waals surface area (Å²) in [7, 11) is 0. The van der Waals surface area contributed by atoms with Crippen molar-refractivity contribution in [2.24, 2.45) is 0 Å². The number of nitrogens with zero attached hydrogens (tertiary/aromatic N) is 2. The van der Waals surface area contributed by atoms with Gasteiger partial charge in [0.15, 0.2) is 5.78 Å². The van der Waals surface area contributed by atoms with E-state index in [2.05, 4.69) is 21.0 Å². The Balaban J connectivity index is 2.18. The van der Waals surface area contributed by atoms with E-state index >= 15 is 0 Å². The van der Waals surface area contributed by atoms with Crippen molar-refractivity contribution in [2.75, 3.05) is 0 Å². The summed E-state index contributed by atoms with van der Waals surface area (Å²) in [5.74, 6) is 0.148. The molecule has 0 aliphatic heterocycles. The highest BCUT2D eigenvalue weighted by Gasteiger charge is 2.13. The van der Waals surface area contributed by atoms with Gasteiger partial charge in [-0.1, -0.05) is 0 Å². The molecule has 0 atom stereocenters. The van der Waals surface area contributed by atoms with E-state index in [9.17, 15) is 4.79 Å². The highest BCUT2D eigenvalue weighted by Crippen LogP contribution is 2.23. The third-order valence-corrected chi connectivity index (χ3v) is 4.14. The summed E-state index contributed by atoms with van der Waals surface area (Å²) in [4.78, 5) is 12.8. The summed E-state index contributed by atoms with van der Waals surface area (Å²) in [6, 6.07) is 5.74. The Morgan fingerprint density at radius 3 is 2.88 bits per heavy atom. The molecule has 2 aromatic heterocycles. The van der Waals surface area contributed by atoms with Crippen molar-refractivity contribution in [1.82, 2.24) is 9.78 Å². The van der Waals surface area contributed by atoms with Gasteiger partial charge >= 0.3 is 0 Å². The molecular weight excluding hydrogens is 300 g/mol. The lowest BCUT2D eigenvalue weighted by Crippen LogP contribution is -2.08. The molecule has 90 valence electrons. The van der Waals surface area contributed by atoms with Crippen LogP contribution < -0.4 is 0 Å². The average Bonchev–Trinajstić information content (AvgIpc) is 2.85.